The summed E-state index contributed by atoms with van der Waals surface area (Å²) in [4.78, 5) is 40.5. The van der Waals surface area contributed by atoms with Gasteiger partial charge in [-0.15, -0.1) is 11.3 Å². The standard InChI is InChI=1S/C28H26N2O4S2/c1-2-34-27(33)23-18-12-5-3-4-6-15-21(18)36-26(23)30-28(35)29-20-14-9-13-19-22(20)25(32)17-11-8-7-10-16(17)24(19)31/h7-11,13-14H,2-6,12,15H2,1H3,(H2,29,30,35). The molecule has 1 heterocycles. The molecule has 0 spiro atoms. The van der Waals surface area contributed by atoms with E-state index >= 15 is 0 Å². The summed E-state index contributed by atoms with van der Waals surface area (Å²) in [6.07, 6.45) is 6.22. The Morgan fingerprint density at radius 3 is 2.36 bits per heavy atom. The van der Waals surface area contributed by atoms with Crippen molar-refractivity contribution in [2.24, 2.45) is 0 Å². The third kappa shape index (κ3) is 4.47. The van der Waals surface area contributed by atoms with Crippen LogP contribution in [0.3, 0.4) is 0 Å². The van der Waals surface area contributed by atoms with E-state index in [9.17, 15) is 14.4 Å². The quantitative estimate of drug-likeness (QED) is 0.247. The molecule has 1 aromatic heterocycles. The van der Waals surface area contributed by atoms with Crippen molar-refractivity contribution in [3.05, 3.63) is 80.7 Å². The summed E-state index contributed by atoms with van der Waals surface area (Å²) in [5, 5.41) is 7.18. The Bertz CT molecular complexity index is 1390. The van der Waals surface area contributed by atoms with Gasteiger partial charge < -0.3 is 15.4 Å². The fourth-order valence-corrected chi connectivity index (χ4v) is 6.49. The zero-order valence-corrected chi connectivity index (χ0v) is 21.6. The molecular weight excluding hydrogens is 492 g/mol. The lowest BCUT2D eigenvalue weighted by Gasteiger charge is -2.21. The number of carbonyl (C=O) groups is 3. The molecule has 8 heteroatoms. The number of aryl methyl sites for hydroxylation is 1. The van der Waals surface area contributed by atoms with Crippen LogP contribution in [0.25, 0.3) is 0 Å². The highest BCUT2D eigenvalue weighted by Crippen LogP contribution is 2.38. The van der Waals surface area contributed by atoms with E-state index in [1.165, 1.54) is 22.6 Å². The molecule has 5 rings (SSSR count). The number of hydrogen-bond donors (Lipinski definition) is 2. The number of fused-ring (bicyclic) bond motifs is 3. The number of carbonyl (C=O) groups excluding carboxylic acids is 3. The van der Waals surface area contributed by atoms with Crippen LogP contribution >= 0.6 is 23.6 Å². The highest BCUT2D eigenvalue weighted by Gasteiger charge is 2.32. The predicted octanol–water partition coefficient (Wildman–Crippen LogP) is 6.17. The molecule has 0 atom stereocenters. The number of nitrogens with one attached hydrogen (secondary N) is 2. The fourth-order valence-electron chi connectivity index (χ4n) is 4.93. The van der Waals surface area contributed by atoms with Crippen molar-refractivity contribution < 1.29 is 19.1 Å². The van der Waals surface area contributed by atoms with Crippen molar-refractivity contribution in [3.63, 3.8) is 0 Å². The molecular formula is C28H26N2O4S2. The first-order chi connectivity index (χ1) is 17.5. The molecule has 2 aliphatic carbocycles. The molecule has 0 bridgehead atoms. The molecule has 0 saturated carbocycles. The van der Waals surface area contributed by atoms with E-state index in [4.69, 9.17) is 17.0 Å². The van der Waals surface area contributed by atoms with Gasteiger partial charge in [0.1, 0.15) is 5.00 Å². The van der Waals surface area contributed by atoms with E-state index in [0.717, 1.165) is 37.7 Å². The van der Waals surface area contributed by atoms with Crippen molar-refractivity contribution in [2.75, 3.05) is 17.2 Å². The molecule has 2 aromatic carbocycles. The van der Waals surface area contributed by atoms with Gasteiger partial charge >= 0.3 is 5.97 Å². The topological polar surface area (TPSA) is 84.5 Å². The Morgan fingerprint density at radius 1 is 0.917 bits per heavy atom. The summed E-state index contributed by atoms with van der Waals surface area (Å²) in [5.41, 5.74) is 3.49. The first-order valence-electron chi connectivity index (χ1n) is 12.2. The maximum Gasteiger partial charge on any atom is 0.341 e. The normalized spacial score (nSPS) is 14.6. The van der Waals surface area contributed by atoms with E-state index in [0.29, 0.717) is 45.1 Å². The monoisotopic (exact) mass is 518 g/mol. The second-order valence-corrected chi connectivity index (χ2v) is 10.4. The fraction of sp³-hybridized carbons (Fsp3) is 0.286. The summed E-state index contributed by atoms with van der Waals surface area (Å²) in [6.45, 7) is 2.08. The van der Waals surface area contributed by atoms with Crippen molar-refractivity contribution in [1.82, 2.24) is 0 Å². The first-order valence-corrected chi connectivity index (χ1v) is 13.4. The molecule has 0 unspecified atom stereocenters. The number of esters is 1. The van der Waals surface area contributed by atoms with Gasteiger partial charge in [-0.05, 0) is 56.5 Å². The van der Waals surface area contributed by atoms with Crippen molar-refractivity contribution in [2.45, 2.75) is 45.4 Å². The third-order valence-corrected chi connectivity index (χ3v) is 7.99. The van der Waals surface area contributed by atoms with Crippen LogP contribution in [0.2, 0.25) is 0 Å². The molecule has 6 nitrogen and oxygen atoms in total. The van der Waals surface area contributed by atoms with Gasteiger partial charge in [0.2, 0.25) is 0 Å². The zero-order valence-electron chi connectivity index (χ0n) is 19.9. The SMILES string of the molecule is CCOC(=O)c1c(NC(=S)Nc2cccc3c2C(=O)c2ccccc2C3=O)sc2c1CCCCCC2. The molecule has 0 radical (unpaired) electrons. The minimum atomic E-state index is -0.352. The van der Waals surface area contributed by atoms with Crippen LogP contribution in [0.4, 0.5) is 10.7 Å². The lowest BCUT2D eigenvalue weighted by atomic mass is 9.83. The Labute approximate surface area is 219 Å². The Morgan fingerprint density at radius 2 is 1.61 bits per heavy atom. The number of thiophene rings is 1. The minimum Gasteiger partial charge on any atom is -0.462 e. The van der Waals surface area contributed by atoms with Crippen molar-refractivity contribution in [1.29, 1.82) is 0 Å². The van der Waals surface area contributed by atoms with Gasteiger partial charge in [-0.1, -0.05) is 49.2 Å². The van der Waals surface area contributed by atoms with Crippen molar-refractivity contribution in [3.8, 4) is 0 Å². The lowest BCUT2D eigenvalue weighted by molar-refractivity contribution is 0.0526. The third-order valence-electron chi connectivity index (χ3n) is 6.58. The van der Waals surface area contributed by atoms with E-state index < -0.39 is 0 Å². The Hall–Kier alpha value is -3.36. The van der Waals surface area contributed by atoms with Crippen LogP contribution in [0.5, 0.6) is 0 Å². The summed E-state index contributed by atoms with van der Waals surface area (Å²) in [5.74, 6) is -0.766. The van der Waals surface area contributed by atoms with Gasteiger partial charge in [0.05, 0.1) is 23.4 Å². The van der Waals surface area contributed by atoms with Gasteiger partial charge in [0, 0.05) is 21.6 Å². The van der Waals surface area contributed by atoms with Crippen LogP contribution in [0.1, 0.15) is 85.2 Å². The summed E-state index contributed by atoms with van der Waals surface area (Å²) in [7, 11) is 0. The molecule has 36 heavy (non-hydrogen) atoms. The minimum absolute atomic E-state index is 0.189. The predicted molar refractivity (Wildman–Crippen MR) is 146 cm³/mol. The van der Waals surface area contributed by atoms with Crippen LogP contribution in [0, 0.1) is 0 Å². The van der Waals surface area contributed by atoms with Gasteiger partial charge in [-0.2, -0.15) is 0 Å². The second-order valence-electron chi connectivity index (χ2n) is 8.85. The number of benzene rings is 2. The average molecular weight is 519 g/mol. The van der Waals surface area contributed by atoms with E-state index in [1.807, 2.05) is 0 Å². The van der Waals surface area contributed by atoms with Crippen molar-refractivity contribution >= 4 is 56.9 Å². The summed E-state index contributed by atoms with van der Waals surface area (Å²) >= 11 is 7.15. The second kappa shape index (κ2) is 10.3. The average Bonchev–Trinajstić information content (AvgIpc) is 3.18. The highest BCUT2D eigenvalue weighted by molar-refractivity contribution is 7.80. The Balaban J connectivity index is 1.45. The molecule has 3 aromatic rings. The van der Waals surface area contributed by atoms with Gasteiger partial charge in [0.15, 0.2) is 16.7 Å². The van der Waals surface area contributed by atoms with Crippen LogP contribution in [0.15, 0.2) is 42.5 Å². The number of rotatable bonds is 4. The van der Waals surface area contributed by atoms with E-state index in [2.05, 4.69) is 10.6 Å². The Kier molecular flexibility index (Phi) is 6.98. The first kappa shape index (κ1) is 24.3. The molecule has 0 saturated heterocycles. The summed E-state index contributed by atoms with van der Waals surface area (Å²) < 4.78 is 5.38. The number of ether oxygens (including phenoxy) is 1. The summed E-state index contributed by atoms with van der Waals surface area (Å²) in [6, 6.07) is 11.9. The van der Waals surface area contributed by atoms with E-state index in [-0.39, 0.29) is 22.6 Å². The maximum absolute atomic E-state index is 13.3. The highest BCUT2D eigenvalue weighted by atomic mass is 32.1. The largest absolute Gasteiger partial charge is 0.462 e. The molecule has 0 amide bonds. The molecule has 184 valence electrons. The smallest absolute Gasteiger partial charge is 0.341 e. The lowest BCUT2D eigenvalue weighted by Crippen LogP contribution is -2.26. The number of hydrogen-bond acceptors (Lipinski definition) is 6. The van der Waals surface area contributed by atoms with Gasteiger partial charge in [0.25, 0.3) is 0 Å². The van der Waals surface area contributed by atoms with Crippen LogP contribution < -0.4 is 10.6 Å². The van der Waals surface area contributed by atoms with Crippen LogP contribution in [-0.2, 0) is 17.6 Å². The molecule has 0 fully saturated rings. The molecule has 0 aliphatic heterocycles. The van der Waals surface area contributed by atoms with Gasteiger partial charge in [-0.25, -0.2) is 4.79 Å². The zero-order chi connectivity index (χ0) is 25.2. The van der Waals surface area contributed by atoms with E-state index in [1.54, 1.807) is 49.4 Å². The number of ketones is 2. The number of thiocarbonyl (C=S) groups is 1. The molecule has 2 N–H and O–H groups in total. The number of anilines is 2. The molecule has 2 aliphatic rings. The van der Waals surface area contributed by atoms with Gasteiger partial charge in [-0.3, -0.25) is 9.59 Å². The maximum atomic E-state index is 13.3. The van der Waals surface area contributed by atoms with Crippen LogP contribution in [-0.4, -0.2) is 29.3 Å².